The van der Waals surface area contributed by atoms with Gasteiger partial charge in [0.1, 0.15) is 0 Å². The van der Waals surface area contributed by atoms with Gasteiger partial charge in [0.25, 0.3) is 5.91 Å². The molecule has 7 heteroatoms. The van der Waals surface area contributed by atoms with Crippen LogP contribution in [0.25, 0.3) is 11.0 Å². The number of aromatic nitrogens is 2. The Kier molecular flexibility index (Phi) is 4.00. The monoisotopic (exact) mass is 376 g/mol. The minimum atomic E-state index is 0.0132. The molecule has 142 valence electrons. The van der Waals surface area contributed by atoms with Crippen LogP contribution in [0.1, 0.15) is 16.1 Å². The first-order valence-corrected chi connectivity index (χ1v) is 9.36. The van der Waals surface area contributed by atoms with Crippen molar-refractivity contribution in [2.24, 2.45) is 0 Å². The first kappa shape index (κ1) is 16.8. The molecule has 1 amide bonds. The van der Waals surface area contributed by atoms with Crippen LogP contribution in [0.3, 0.4) is 0 Å². The number of carbonyl (C=O) groups is 1. The highest BCUT2D eigenvalue weighted by Gasteiger charge is 2.25. The largest absolute Gasteiger partial charge is 0.454 e. The number of anilines is 1. The Labute approximate surface area is 162 Å². The summed E-state index contributed by atoms with van der Waals surface area (Å²) in [4.78, 5) is 26.4. The Balaban J connectivity index is 1.31. The van der Waals surface area contributed by atoms with Crippen LogP contribution < -0.4 is 14.4 Å². The number of ether oxygens (including phenoxy) is 2. The zero-order valence-corrected chi connectivity index (χ0v) is 15.6. The molecule has 28 heavy (non-hydrogen) atoms. The van der Waals surface area contributed by atoms with E-state index in [0.717, 1.165) is 35.6 Å². The molecule has 2 aromatic carbocycles. The SMILES string of the molecule is Cc1nc2ccccc2nc1N1CCN(C(=O)c2ccc3c(c2)OCO3)CC1. The molecule has 2 aliphatic rings. The number of piperazine rings is 1. The number of para-hydroxylation sites is 2. The van der Waals surface area contributed by atoms with Crippen LogP contribution in [-0.4, -0.2) is 53.7 Å². The molecule has 0 bridgehead atoms. The molecular formula is C21H20N4O3. The van der Waals surface area contributed by atoms with E-state index in [1.165, 1.54) is 0 Å². The minimum absolute atomic E-state index is 0.0132. The maximum atomic E-state index is 12.9. The van der Waals surface area contributed by atoms with Crippen molar-refractivity contribution < 1.29 is 14.3 Å². The molecule has 0 aliphatic carbocycles. The van der Waals surface area contributed by atoms with E-state index in [1.54, 1.807) is 18.2 Å². The average molecular weight is 376 g/mol. The Hall–Kier alpha value is -3.35. The van der Waals surface area contributed by atoms with E-state index in [-0.39, 0.29) is 12.7 Å². The summed E-state index contributed by atoms with van der Waals surface area (Å²) in [6.07, 6.45) is 0. The third-order valence-corrected chi connectivity index (χ3v) is 5.21. The molecule has 0 atom stereocenters. The van der Waals surface area contributed by atoms with Gasteiger partial charge in [-0.15, -0.1) is 0 Å². The van der Waals surface area contributed by atoms with Gasteiger partial charge < -0.3 is 19.3 Å². The molecule has 3 aromatic rings. The number of benzene rings is 2. The van der Waals surface area contributed by atoms with E-state index in [9.17, 15) is 4.79 Å². The topological polar surface area (TPSA) is 67.8 Å². The van der Waals surface area contributed by atoms with Crippen molar-refractivity contribution in [3.05, 3.63) is 53.7 Å². The molecule has 5 rings (SSSR count). The second kappa shape index (κ2) is 6.67. The van der Waals surface area contributed by atoms with Gasteiger partial charge in [-0.25, -0.2) is 9.97 Å². The molecule has 0 radical (unpaired) electrons. The minimum Gasteiger partial charge on any atom is -0.454 e. The summed E-state index contributed by atoms with van der Waals surface area (Å²) in [5, 5.41) is 0. The van der Waals surface area contributed by atoms with E-state index in [0.29, 0.717) is 30.2 Å². The van der Waals surface area contributed by atoms with E-state index in [1.807, 2.05) is 36.1 Å². The molecule has 1 saturated heterocycles. The maximum absolute atomic E-state index is 12.9. The lowest BCUT2D eigenvalue weighted by Gasteiger charge is -2.36. The van der Waals surface area contributed by atoms with Crippen molar-refractivity contribution in [1.82, 2.24) is 14.9 Å². The summed E-state index contributed by atoms with van der Waals surface area (Å²) in [7, 11) is 0. The first-order valence-electron chi connectivity index (χ1n) is 9.36. The third-order valence-electron chi connectivity index (χ3n) is 5.21. The number of hydrogen-bond acceptors (Lipinski definition) is 6. The van der Waals surface area contributed by atoms with Crippen molar-refractivity contribution in [1.29, 1.82) is 0 Å². The lowest BCUT2D eigenvalue weighted by molar-refractivity contribution is 0.0746. The van der Waals surface area contributed by atoms with Crippen LogP contribution in [0.2, 0.25) is 0 Å². The summed E-state index contributed by atoms with van der Waals surface area (Å²) in [6.45, 7) is 4.92. The normalized spacial score (nSPS) is 15.9. The van der Waals surface area contributed by atoms with Gasteiger partial charge in [0.15, 0.2) is 17.3 Å². The Morgan fingerprint density at radius 1 is 0.929 bits per heavy atom. The number of aryl methyl sites for hydroxylation is 1. The summed E-state index contributed by atoms with van der Waals surface area (Å²) in [6, 6.07) is 13.2. The quantitative estimate of drug-likeness (QED) is 0.685. The summed E-state index contributed by atoms with van der Waals surface area (Å²) in [5.41, 5.74) is 3.33. The molecule has 0 saturated carbocycles. The molecule has 2 aliphatic heterocycles. The van der Waals surface area contributed by atoms with E-state index in [2.05, 4.69) is 9.88 Å². The van der Waals surface area contributed by atoms with E-state index >= 15 is 0 Å². The average Bonchev–Trinajstić information content (AvgIpc) is 3.21. The molecule has 0 spiro atoms. The smallest absolute Gasteiger partial charge is 0.254 e. The van der Waals surface area contributed by atoms with Crippen molar-refractivity contribution >= 4 is 22.8 Å². The van der Waals surface area contributed by atoms with Gasteiger partial charge >= 0.3 is 0 Å². The van der Waals surface area contributed by atoms with Gasteiger partial charge in [0.2, 0.25) is 6.79 Å². The predicted octanol–water partition coefficient (Wildman–Crippen LogP) is 2.63. The number of hydrogen-bond donors (Lipinski definition) is 0. The van der Waals surface area contributed by atoms with Crippen LogP contribution in [0.5, 0.6) is 11.5 Å². The van der Waals surface area contributed by atoms with Crippen molar-refractivity contribution in [3.63, 3.8) is 0 Å². The predicted molar refractivity (Wildman–Crippen MR) is 105 cm³/mol. The van der Waals surface area contributed by atoms with Gasteiger partial charge in [0.05, 0.1) is 16.7 Å². The van der Waals surface area contributed by atoms with Crippen LogP contribution in [0.15, 0.2) is 42.5 Å². The zero-order valence-electron chi connectivity index (χ0n) is 15.6. The van der Waals surface area contributed by atoms with Gasteiger partial charge in [0, 0.05) is 31.7 Å². The highest BCUT2D eigenvalue weighted by molar-refractivity contribution is 5.95. The lowest BCUT2D eigenvalue weighted by Crippen LogP contribution is -2.49. The van der Waals surface area contributed by atoms with Crippen LogP contribution in [-0.2, 0) is 0 Å². The fourth-order valence-electron chi connectivity index (χ4n) is 3.71. The van der Waals surface area contributed by atoms with E-state index in [4.69, 9.17) is 14.5 Å². The Morgan fingerprint density at radius 2 is 1.64 bits per heavy atom. The Bertz CT molecular complexity index is 1060. The van der Waals surface area contributed by atoms with Gasteiger partial charge in [-0.2, -0.15) is 0 Å². The molecular weight excluding hydrogens is 356 g/mol. The fraction of sp³-hybridized carbons (Fsp3) is 0.286. The van der Waals surface area contributed by atoms with Gasteiger partial charge in [-0.1, -0.05) is 12.1 Å². The molecule has 0 unspecified atom stereocenters. The van der Waals surface area contributed by atoms with Crippen molar-refractivity contribution in [3.8, 4) is 11.5 Å². The number of rotatable bonds is 2. The molecule has 7 nitrogen and oxygen atoms in total. The first-order chi connectivity index (χ1) is 13.7. The molecule has 0 N–H and O–H groups in total. The zero-order chi connectivity index (χ0) is 19.1. The second-order valence-electron chi connectivity index (χ2n) is 6.97. The number of nitrogens with zero attached hydrogens (tertiary/aromatic N) is 4. The van der Waals surface area contributed by atoms with Crippen LogP contribution in [0, 0.1) is 6.92 Å². The van der Waals surface area contributed by atoms with E-state index < -0.39 is 0 Å². The van der Waals surface area contributed by atoms with Gasteiger partial charge in [-0.05, 0) is 37.3 Å². The molecule has 3 heterocycles. The highest BCUT2D eigenvalue weighted by Crippen LogP contribution is 2.33. The summed E-state index contributed by atoms with van der Waals surface area (Å²) in [5.74, 6) is 2.23. The summed E-state index contributed by atoms with van der Waals surface area (Å²) < 4.78 is 10.7. The van der Waals surface area contributed by atoms with Gasteiger partial charge in [-0.3, -0.25) is 4.79 Å². The van der Waals surface area contributed by atoms with Crippen LogP contribution >= 0.6 is 0 Å². The van der Waals surface area contributed by atoms with Crippen LogP contribution in [0.4, 0.5) is 5.82 Å². The molecule has 1 fully saturated rings. The Morgan fingerprint density at radius 3 is 2.43 bits per heavy atom. The van der Waals surface area contributed by atoms with Crippen molar-refractivity contribution in [2.45, 2.75) is 6.92 Å². The number of carbonyl (C=O) groups excluding carboxylic acids is 1. The third kappa shape index (κ3) is 2.89. The highest BCUT2D eigenvalue weighted by atomic mass is 16.7. The lowest BCUT2D eigenvalue weighted by atomic mass is 10.1. The standard InChI is InChI=1S/C21H20N4O3/c1-14-20(23-17-5-3-2-4-16(17)22-14)24-8-10-25(11-9-24)21(26)15-6-7-18-19(12-15)28-13-27-18/h2-7,12H,8-11,13H2,1H3. The number of amides is 1. The van der Waals surface area contributed by atoms with Crippen molar-refractivity contribution in [2.75, 3.05) is 37.9 Å². The summed E-state index contributed by atoms with van der Waals surface area (Å²) >= 11 is 0. The maximum Gasteiger partial charge on any atom is 0.254 e. The molecule has 1 aromatic heterocycles. The second-order valence-corrected chi connectivity index (χ2v) is 6.97. The number of fused-ring (bicyclic) bond motifs is 2. The fourth-order valence-corrected chi connectivity index (χ4v) is 3.71.